The first-order chi connectivity index (χ1) is 11.3. The van der Waals surface area contributed by atoms with Crippen LogP contribution in [0.5, 0.6) is 5.75 Å². The number of esters is 1. The van der Waals surface area contributed by atoms with Crippen LogP contribution in [0, 0.1) is 0 Å². The standard InChI is InChI=1S/C15H18ClNO6S/c1-22-15(19)8-17(12-6-7-24(20,21)10-12)14(18)9-23-13-4-2-11(16)3-5-13/h2-5,12H,6-10H2,1H3. The molecule has 0 saturated carbocycles. The maximum Gasteiger partial charge on any atom is 0.325 e. The normalized spacial score (nSPS) is 18.8. The second-order valence-electron chi connectivity index (χ2n) is 5.40. The zero-order valence-electron chi connectivity index (χ0n) is 13.1. The highest BCUT2D eigenvalue weighted by molar-refractivity contribution is 7.91. The van der Waals surface area contributed by atoms with Gasteiger partial charge in [-0.1, -0.05) is 11.6 Å². The second kappa shape index (κ2) is 7.85. The summed E-state index contributed by atoms with van der Waals surface area (Å²) in [7, 11) is -1.98. The number of ether oxygens (including phenoxy) is 2. The number of carbonyl (C=O) groups is 2. The first kappa shape index (κ1) is 18.5. The highest BCUT2D eigenvalue weighted by Gasteiger charge is 2.35. The summed E-state index contributed by atoms with van der Waals surface area (Å²) in [4.78, 5) is 25.2. The van der Waals surface area contributed by atoms with Crippen LogP contribution in [0.25, 0.3) is 0 Å². The Kier molecular flexibility index (Phi) is 6.06. The Bertz CT molecular complexity index is 703. The van der Waals surface area contributed by atoms with Gasteiger partial charge in [-0.15, -0.1) is 0 Å². The van der Waals surface area contributed by atoms with Crippen molar-refractivity contribution in [2.24, 2.45) is 0 Å². The predicted molar refractivity (Wildman–Crippen MR) is 87.7 cm³/mol. The second-order valence-corrected chi connectivity index (χ2v) is 8.06. The molecule has 1 atom stereocenters. The van der Waals surface area contributed by atoms with Crippen molar-refractivity contribution in [1.29, 1.82) is 0 Å². The summed E-state index contributed by atoms with van der Waals surface area (Å²) in [5.74, 6) is -0.793. The number of rotatable bonds is 6. The van der Waals surface area contributed by atoms with Gasteiger partial charge in [-0.05, 0) is 30.7 Å². The van der Waals surface area contributed by atoms with Crippen molar-refractivity contribution < 1.29 is 27.5 Å². The lowest BCUT2D eigenvalue weighted by molar-refractivity contribution is -0.149. The Morgan fingerprint density at radius 3 is 2.50 bits per heavy atom. The molecule has 0 bridgehead atoms. The van der Waals surface area contributed by atoms with Crippen molar-refractivity contribution in [3.05, 3.63) is 29.3 Å². The van der Waals surface area contributed by atoms with Crippen molar-refractivity contribution in [2.75, 3.05) is 31.8 Å². The summed E-state index contributed by atoms with van der Waals surface area (Å²) in [6, 6.07) is 5.92. The van der Waals surface area contributed by atoms with E-state index in [0.29, 0.717) is 17.2 Å². The van der Waals surface area contributed by atoms with E-state index in [1.807, 2.05) is 0 Å². The molecule has 0 N–H and O–H groups in total. The molecule has 2 rings (SSSR count). The number of carbonyl (C=O) groups excluding carboxylic acids is 2. The van der Waals surface area contributed by atoms with Gasteiger partial charge < -0.3 is 14.4 Å². The topological polar surface area (TPSA) is 90.0 Å². The summed E-state index contributed by atoms with van der Waals surface area (Å²) < 4.78 is 33.2. The fourth-order valence-corrected chi connectivity index (χ4v) is 4.26. The third-order valence-electron chi connectivity index (χ3n) is 3.67. The molecule has 1 aliphatic heterocycles. The zero-order chi connectivity index (χ0) is 17.7. The zero-order valence-corrected chi connectivity index (χ0v) is 14.7. The summed E-state index contributed by atoms with van der Waals surface area (Å²) in [6.45, 7) is -0.616. The van der Waals surface area contributed by atoms with Crippen molar-refractivity contribution in [1.82, 2.24) is 4.90 Å². The molecule has 1 heterocycles. The summed E-state index contributed by atoms with van der Waals surface area (Å²) >= 11 is 5.77. The van der Waals surface area contributed by atoms with Crippen molar-refractivity contribution in [2.45, 2.75) is 12.5 Å². The van der Waals surface area contributed by atoms with Crippen LogP contribution in [-0.2, 0) is 24.2 Å². The Morgan fingerprint density at radius 2 is 1.96 bits per heavy atom. The predicted octanol–water partition coefficient (Wildman–Crippen LogP) is 0.907. The van der Waals surface area contributed by atoms with Gasteiger partial charge in [-0.2, -0.15) is 0 Å². The molecule has 1 aromatic rings. The number of hydrogen-bond donors (Lipinski definition) is 0. The molecule has 1 amide bonds. The van der Waals surface area contributed by atoms with Crippen molar-refractivity contribution in [3.8, 4) is 5.75 Å². The first-order valence-electron chi connectivity index (χ1n) is 7.26. The molecule has 1 unspecified atom stereocenters. The number of halogens is 1. The number of nitrogens with zero attached hydrogens (tertiary/aromatic N) is 1. The molecule has 0 radical (unpaired) electrons. The molecule has 0 aromatic heterocycles. The van der Waals surface area contributed by atoms with Crippen LogP contribution in [0.2, 0.25) is 5.02 Å². The highest BCUT2D eigenvalue weighted by Crippen LogP contribution is 2.19. The Balaban J connectivity index is 2.03. The van der Waals surface area contributed by atoms with E-state index in [0.717, 1.165) is 0 Å². The number of methoxy groups -OCH3 is 1. The number of hydrogen-bond acceptors (Lipinski definition) is 6. The number of benzene rings is 1. The van der Waals surface area contributed by atoms with E-state index < -0.39 is 27.8 Å². The van der Waals surface area contributed by atoms with Crippen LogP contribution in [0.1, 0.15) is 6.42 Å². The van der Waals surface area contributed by atoms with Crippen LogP contribution < -0.4 is 4.74 Å². The van der Waals surface area contributed by atoms with E-state index in [9.17, 15) is 18.0 Å². The van der Waals surface area contributed by atoms with Gasteiger partial charge in [0.15, 0.2) is 16.4 Å². The Hall–Kier alpha value is -1.80. The Morgan fingerprint density at radius 1 is 1.29 bits per heavy atom. The van der Waals surface area contributed by atoms with E-state index in [4.69, 9.17) is 16.3 Å². The quantitative estimate of drug-likeness (QED) is 0.686. The van der Waals surface area contributed by atoms with Gasteiger partial charge in [-0.3, -0.25) is 9.59 Å². The van der Waals surface area contributed by atoms with Gasteiger partial charge in [0.05, 0.1) is 18.6 Å². The average Bonchev–Trinajstić information content (AvgIpc) is 2.91. The largest absolute Gasteiger partial charge is 0.484 e. The summed E-state index contributed by atoms with van der Waals surface area (Å²) in [5, 5.41) is 0.539. The molecule has 9 heteroatoms. The number of sulfone groups is 1. The van der Waals surface area contributed by atoms with Crippen LogP contribution >= 0.6 is 11.6 Å². The first-order valence-corrected chi connectivity index (χ1v) is 9.46. The Labute approximate surface area is 145 Å². The van der Waals surface area contributed by atoms with Gasteiger partial charge in [0, 0.05) is 11.1 Å². The fraction of sp³-hybridized carbons (Fsp3) is 0.467. The molecule has 1 aliphatic rings. The lowest BCUT2D eigenvalue weighted by atomic mass is 10.2. The molecular weight excluding hydrogens is 358 g/mol. The maximum absolute atomic E-state index is 12.4. The van der Waals surface area contributed by atoms with E-state index >= 15 is 0 Å². The molecule has 0 aliphatic carbocycles. The third kappa shape index (κ3) is 5.10. The minimum Gasteiger partial charge on any atom is -0.484 e. The van der Waals surface area contributed by atoms with Gasteiger partial charge >= 0.3 is 5.97 Å². The molecule has 7 nitrogen and oxygen atoms in total. The minimum atomic E-state index is -3.19. The molecule has 24 heavy (non-hydrogen) atoms. The van der Waals surface area contributed by atoms with Gasteiger partial charge in [0.25, 0.3) is 5.91 Å². The molecular formula is C15H18ClNO6S. The van der Waals surface area contributed by atoms with E-state index in [1.165, 1.54) is 12.0 Å². The van der Waals surface area contributed by atoms with Crippen molar-refractivity contribution >= 4 is 33.3 Å². The van der Waals surface area contributed by atoms with E-state index in [-0.39, 0.29) is 24.7 Å². The van der Waals surface area contributed by atoms with Gasteiger partial charge in [-0.25, -0.2) is 8.42 Å². The molecule has 1 aromatic carbocycles. The summed E-state index contributed by atoms with van der Waals surface area (Å²) in [6.07, 6.45) is 0.298. The van der Waals surface area contributed by atoms with E-state index in [2.05, 4.69) is 4.74 Å². The lowest BCUT2D eigenvalue weighted by Crippen LogP contribution is -2.46. The lowest BCUT2D eigenvalue weighted by Gasteiger charge is -2.27. The van der Waals surface area contributed by atoms with Crippen LogP contribution in [0.15, 0.2) is 24.3 Å². The van der Waals surface area contributed by atoms with Gasteiger partial charge in [0.1, 0.15) is 12.3 Å². The van der Waals surface area contributed by atoms with Crippen LogP contribution in [-0.4, -0.2) is 63.0 Å². The van der Waals surface area contributed by atoms with Crippen LogP contribution in [0.3, 0.4) is 0 Å². The monoisotopic (exact) mass is 375 g/mol. The minimum absolute atomic E-state index is 0.000656. The van der Waals surface area contributed by atoms with E-state index in [1.54, 1.807) is 24.3 Å². The molecule has 1 fully saturated rings. The molecule has 132 valence electrons. The summed E-state index contributed by atoms with van der Waals surface area (Å²) in [5.41, 5.74) is 0. The van der Waals surface area contributed by atoms with Crippen LogP contribution in [0.4, 0.5) is 0 Å². The third-order valence-corrected chi connectivity index (χ3v) is 5.67. The highest BCUT2D eigenvalue weighted by atomic mass is 35.5. The average molecular weight is 376 g/mol. The van der Waals surface area contributed by atoms with Crippen molar-refractivity contribution in [3.63, 3.8) is 0 Å². The van der Waals surface area contributed by atoms with Gasteiger partial charge in [0.2, 0.25) is 0 Å². The maximum atomic E-state index is 12.4. The molecule has 1 saturated heterocycles. The fourth-order valence-electron chi connectivity index (χ4n) is 2.40. The SMILES string of the molecule is COC(=O)CN(C(=O)COc1ccc(Cl)cc1)C1CCS(=O)(=O)C1. The number of amides is 1. The molecule has 0 spiro atoms. The smallest absolute Gasteiger partial charge is 0.325 e.